The molecule has 0 saturated carbocycles. The first-order valence-corrected chi connectivity index (χ1v) is 7.40. The molecule has 1 aromatic rings. The van der Waals surface area contributed by atoms with Crippen LogP contribution in [-0.2, 0) is 4.79 Å². The fourth-order valence-electron chi connectivity index (χ4n) is 2.24. The van der Waals surface area contributed by atoms with Gasteiger partial charge in [0.2, 0.25) is 0 Å². The van der Waals surface area contributed by atoms with Gasteiger partial charge in [0.25, 0.3) is 5.91 Å². The van der Waals surface area contributed by atoms with E-state index in [0.717, 1.165) is 6.42 Å². The van der Waals surface area contributed by atoms with Crippen LogP contribution in [0.4, 0.5) is 0 Å². The summed E-state index contributed by atoms with van der Waals surface area (Å²) in [6, 6.07) is 3.97. The number of amides is 1. The third-order valence-electron chi connectivity index (χ3n) is 3.32. The minimum absolute atomic E-state index is 0.171. The number of carbonyl (C=O) groups excluding carboxylic acids is 1. The maximum Gasteiger partial charge on any atom is 0.326 e. The van der Waals surface area contributed by atoms with Crippen molar-refractivity contribution in [3.63, 3.8) is 0 Å². The number of ether oxygens (including phenoxy) is 2. The number of nitrogens with one attached hydrogen (secondary N) is 1. The highest BCUT2D eigenvalue weighted by Crippen LogP contribution is 2.30. The van der Waals surface area contributed by atoms with Gasteiger partial charge in [-0.15, -0.1) is 0 Å². The van der Waals surface area contributed by atoms with E-state index >= 15 is 0 Å². The van der Waals surface area contributed by atoms with Crippen molar-refractivity contribution >= 4 is 11.9 Å². The summed E-state index contributed by atoms with van der Waals surface area (Å²) in [6.07, 6.45) is 1.16. The van der Waals surface area contributed by atoms with Crippen LogP contribution in [0, 0.1) is 5.92 Å². The molecular weight excluding hydrogens is 286 g/mol. The Kier molecular flexibility index (Phi) is 5.25. The zero-order valence-electron chi connectivity index (χ0n) is 12.8. The lowest BCUT2D eigenvalue weighted by Gasteiger charge is -2.17. The van der Waals surface area contributed by atoms with Crippen LogP contribution in [-0.4, -0.2) is 36.2 Å². The highest BCUT2D eigenvalue weighted by atomic mass is 16.5. The van der Waals surface area contributed by atoms with E-state index in [9.17, 15) is 14.7 Å². The van der Waals surface area contributed by atoms with Crippen molar-refractivity contribution in [1.29, 1.82) is 0 Å². The van der Waals surface area contributed by atoms with E-state index in [0.29, 0.717) is 36.7 Å². The molecular formula is C16H21NO5. The van der Waals surface area contributed by atoms with Crippen LogP contribution in [0.15, 0.2) is 18.2 Å². The smallest absolute Gasteiger partial charge is 0.326 e. The highest BCUT2D eigenvalue weighted by Gasteiger charge is 2.22. The van der Waals surface area contributed by atoms with Gasteiger partial charge in [0.15, 0.2) is 11.5 Å². The summed E-state index contributed by atoms with van der Waals surface area (Å²) < 4.78 is 11.0. The fraction of sp³-hybridized carbons (Fsp3) is 0.500. The number of hydrogen-bond acceptors (Lipinski definition) is 4. The van der Waals surface area contributed by atoms with Crippen LogP contribution in [0.5, 0.6) is 11.5 Å². The van der Waals surface area contributed by atoms with Crippen molar-refractivity contribution in [2.45, 2.75) is 32.7 Å². The van der Waals surface area contributed by atoms with Gasteiger partial charge in [0.05, 0.1) is 13.2 Å². The minimum Gasteiger partial charge on any atom is -0.490 e. The second kappa shape index (κ2) is 7.15. The molecule has 1 amide bonds. The zero-order valence-corrected chi connectivity index (χ0v) is 12.8. The van der Waals surface area contributed by atoms with Gasteiger partial charge in [0, 0.05) is 12.0 Å². The maximum absolute atomic E-state index is 12.2. The van der Waals surface area contributed by atoms with Crippen molar-refractivity contribution in [2.24, 2.45) is 5.92 Å². The van der Waals surface area contributed by atoms with E-state index in [4.69, 9.17) is 9.47 Å². The predicted octanol–water partition coefficient (Wildman–Crippen LogP) is 2.08. The van der Waals surface area contributed by atoms with E-state index < -0.39 is 17.9 Å². The van der Waals surface area contributed by atoms with Gasteiger partial charge in [-0.3, -0.25) is 4.79 Å². The van der Waals surface area contributed by atoms with E-state index in [1.807, 2.05) is 13.8 Å². The molecule has 6 heteroatoms. The van der Waals surface area contributed by atoms with Crippen LogP contribution >= 0.6 is 0 Å². The maximum atomic E-state index is 12.2. The van der Waals surface area contributed by atoms with Gasteiger partial charge in [-0.05, 0) is 30.5 Å². The molecule has 1 aliphatic heterocycles. The largest absolute Gasteiger partial charge is 0.490 e. The van der Waals surface area contributed by atoms with Crippen LogP contribution in [0.3, 0.4) is 0 Å². The quantitative estimate of drug-likeness (QED) is 0.870. The van der Waals surface area contributed by atoms with E-state index in [1.54, 1.807) is 18.2 Å². The molecule has 1 aliphatic rings. The number of aliphatic carboxylic acids is 1. The summed E-state index contributed by atoms with van der Waals surface area (Å²) in [7, 11) is 0. The summed E-state index contributed by atoms with van der Waals surface area (Å²) in [5.41, 5.74) is 0.360. The second-order valence-electron chi connectivity index (χ2n) is 5.71. The molecule has 0 spiro atoms. The van der Waals surface area contributed by atoms with Gasteiger partial charge < -0.3 is 19.9 Å². The molecule has 6 nitrogen and oxygen atoms in total. The summed E-state index contributed by atoms with van der Waals surface area (Å²) in [4.78, 5) is 23.5. The molecule has 1 heterocycles. The number of carboxylic acid groups (broad SMARTS) is 1. The number of hydrogen-bond donors (Lipinski definition) is 2. The third kappa shape index (κ3) is 4.13. The molecule has 2 N–H and O–H groups in total. The number of fused-ring (bicyclic) bond motifs is 1. The Morgan fingerprint density at radius 3 is 2.55 bits per heavy atom. The minimum atomic E-state index is -1.03. The number of carbonyl (C=O) groups is 2. The van der Waals surface area contributed by atoms with Crippen molar-refractivity contribution in [1.82, 2.24) is 5.32 Å². The van der Waals surface area contributed by atoms with Gasteiger partial charge in [-0.25, -0.2) is 4.79 Å². The molecule has 0 radical (unpaired) electrons. The molecule has 0 saturated heterocycles. The normalized spacial score (nSPS) is 15.0. The van der Waals surface area contributed by atoms with Crippen molar-refractivity contribution < 1.29 is 24.2 Å². The molecule has 1 aromatic carbocycles. The first-order chi connectivity index (χ1) is 10.5. The average Bonchev–Trinajstić information content (AvgIpc) is 2.70. The Morgan fingerprint density at radius 2 is 1.91 bits per heavy atom. The SMILES string of the molecule is CC(C)CC(NC(=O)c1ccc2c(c1)OCCCO2)C(=O)O. The number of rotatable bonds is 5. The Bertz CT molecular complexity index is 555. The molecule has 22 heavy (non-hydrogen) atoms. The summed E-state index contributed by atoms with van der Waals surface area (Å²) >= 11 is 0. The topological polar surface area (TPSA) is 84.9 Å². The van der Waals surface area contributed by atoms with Crippen LogP contribution < -0.4 is 14.8 Å². The van der Waals surface area contributed by atoms with Crippen molar-refractivity contribution in [3.05, 3.63) is 23.8 Å². The Hall–Kier alpha value is -2.24. The van der Waals surface area contributed by atoms with Gasteiger partial charge in [-0.2, -0.15) is 0 Å². The van der Waals surface area contributed by atoms with Gasteiger partial charge in [-0.1, -0.05) is 13.8 Å². The first-order valence-electron chi connectivity index (χ1n) is 7.40. The van der Waals surface area contributed by atoms with Gasteiger partial charge in [0.1, 0.15) is 6.04 Å². The number of carboxylic acids is 1. The van der Waals surface area contributed by atoms with Crippen LogP contribution in [0.25, 0.3) is 0 Å². The Balaban J connectivity index is 2.11. The van der Waals surface area contributed by atoms with Crippen LogP contribution in [0.2, 0.25) is 0 Å². The highest BCUT2D eigenvalue weighted by molar-refractivity contribution is 5.97. The number of benzene rings is 1. The summed E-state index contributed by atoms with van der Waals surface area (Å²) in [5, 5.41) is 11.7. The molecule has 1 atom stereocenters. The third-order valence-corrected chi connectivity index (χ3v) is 3.32. The van der Waals surface area contributed by atoms with Crippen LogP contribution in [0.1, 0.15) is 37.0 Å². The lowest BCUT2D eigenvalue weighted by molar-refractivity contribution is -0.139. The molecule has 0 aliphatic carbocycles. The molecule has 1 unspecified atom stereocenters. The first kappa shape index (κ1) is 16.1. The lowest BCUT2D eigenvalue weighted by atomic mass is 10.0. The summed E-state index contributed by atoms with van der Waals surface area (Å²) in [5.74, 6) is -0.169. The monoisotopic (exact) mass is 307 g/mol. The van der Waals surface area contributed by atoms with E-state index in [1.165, 1.54) is 0 Å². The van der Waals surface area contributed by atoms with E-state index in [-0.39, 0.29) is 5.92 Å². The molecule has 2 rings (SSSR count). The molecule has 120 valence electrons. The average molecular weight is 307 g/mol. The Labute approximate surface area is 129 Å². The molecule has 0 bridgehead atoms. The predicted molar refractivity (Wildman–Crippen MR) is 80.4 cm³/mol. The standard InChI is InChI=1S/C16H21NO5/c1-10(2)8-12(16(19)20)17-15(18)11-4-5-13-14(9-11)22-7-3-6-21-13/h4-5,9-10,12H,3,6-8H2,1-2H3,(H,17,18)(H,19,20). The lowest BCUT2D eigenvalue weighted by Crippen LogP contribution is -2.41. The van der Waals surface area contributed by atoms with Gasteiger partial charge >= 0.3 is 5.97 Å². The Morgan fingerprint density at radius 1 is 1.23 bits per heavy atom. The fourth-order valence-corrected chi connectivity index (χ4v) is 2.24. The molecule has 0 aromatic heterocycles. The zero-order chi connectivity index (χ0) is 16.1. The van der Waals surface area contributed by atoms with Crippen molar-refractivity contribution in [3.8, 4) is 11.5 Å². The van der Waals surface area contributed by atoms with E-state index in [2.05, 4.69) is 5.32 Å². The van der Waals surface area contributed by atoms with Crippen molar-refractivity contribution in [2.75, 3.05) is 13.2 Å². The summed E-state index contributed by atoms with van der Waals surface area (Å²) in [6.45, 7) is 4.93. The second-order valence-corrected chi connectivity index (χ2v) is 5.71. The molecule has 0 fully saturated rings.